The van der Waals surface area contributed by atoms with Crippen LogP contribution in [0.3, 0.4) is 0 Å². The quantitative estimate of drug-likeness (QED) is 0.925. The fourth-order valence-electron chi connectivity index (χ4n) is 2.03. The molecule has 0 atom stereocenters. The van der Waals surface area contributed by atoms with E-state index in [4.69, 9.17) is 5.73 Å². The average molecular weight is 272 g/mol. The summed E-state index contributed by atoms with van der Waals surface area (Å²) < 4.78 is 1.67. The second kappa shape index (κ2) is 5.88. The fraction of sp³-hybridized carbons (Fsp3) is 0.333. The van der Waals surface area contributed by atoms with Gasteiger partial charge in [0.2, 0.25) is 0 Å². The molecule has 5 heteroatoms. The van der Waals surface area contributed by atoms with Gasteiger partial charge in [-0.3, -0.25) is 4.79 Å². The number of nitrogens with two attached hydrogens (primary N) is 1. The molecule has 1 aromatic carbocycles. The van der Waals surface area contributed by atoms with E-state index < -0.39 is 0 Å². The highest BCUT2D eigenvalue weighted by atomic mass is 16.1. The first kappa shape index (κ1) is 14.3. The first-order chi connectivity index (χ1) is 9.54. The van der Waals surface area contributed by atoms with Crippen LogP contribution in [-0.2, 0) is 6.54 Å². The molecule has 5 nitrogen and oxygen atoms in total. The number of rotatable bonds is 4. The van der Waals surface area contributed by atoms with Gasteiger partial charge in [0, 0.05) is 37.7 Å². The van der Waals surface area contributed by atoms with E-state index in [9.17, 15) is 4.79 Å². The smallest absolute Gasteiger partial charge is 0.294 e. The van der Waals surface area contributed by atoms with Gasteiger partial charge in [0.05, 0.1) is 0 Å². The summed E-state index contributed by atoms with van der Waals surface area (Å²) in [6.45, 7) is 4.45. The van der Waals surface area contributed by atoms with Crippen molar-refractivity contribution in [2.24, 2.45) is 5.73 Å². The lowest BCUT2D eigenvalue weighted by atomic mass is 10.2. The average Bonchev–Trinajstić information content (AvgIpc) is 2.46. The molecule has 1 aromatic heterocycles. The lowest BCUT2D eigenvalue weighted by Crippen LogP contribution is -2.28. The third-order valence-electron chi connectivity index (χ3n) is 3.28. The molecule has 0 fully saturated rings. The highest BCUT2D eigenvalue weighted by Crippen LogP contribution is 2.19. The van der Waals surface area contributed by atoms with Gasteiger partial charge >= 0.3 is 0 Å². The van der Waals surface area contributed by atoms with Crippen molar-refractivity contribution in [2.45, 2.75) is 26.4 Å². The predicted octanol–water partition coefficient (Wildman–Crippen LogP) is 2.05. The molecule has 0 aliphatic rings. The maximum absolute atomic E-state index is 12.4. The number of hydrogen-bond acceptors (Lipinski definition) is 4. The first-order valence-electron chi connectivity index (χ1n) is 6.64. The molecule has 0 spiro atoms. The zero-order chi connectivity index (χ0) is 14.7. The highest BCUT2D eigenvalue weighted by Gasteiger charge is 2.12. The van der Waals surface area contributed by atoms with Crippen LogP contribution >= 0.6 is 0 Å². The largest absolute Gasteiger partial charge is 0.326 e. The Balaban J connectivity index is 2.40. The minimum absolute atomic E-state index is 0.0899. The van der Waals surface area contributed by atoms with Gasteiger partial charge in [-0.1, -0.05) is 12.1 Å². The molecule has 2 N–H and O–H groups in total. The van der Waals surface area contributed by atoms with Gasteiger partial charge in [-0.2, -0.15) is 0 Å². The molecule has 20 heavy (non-hydrogen) atoms. The number of benzene rings is 1. The Labute approximate surface area is 118 Å². The van der Waals surface area contributed by atoms with Gasteiger partial charge in [0.1, 0.15) is 0 Å². The van der Waals surface area contributed by atoms with E-state index in [1.54, 1.807) is 21.9 Å². The maximum Gasteiger partial charge on any atom is 0.294 e. The molecule has 0 saturated carbocycles. The van der Waals surface area contributed by atoms with Crippen LogP contribution in [0, 0.1) is 0 Å². The molecule has 0 radical (unpaired) electrons. The molecule has 1 heterocycles. The van der Waals surface area contributed by atoms with E-state index in [0.717, 1.165) is 11.3 Å². The topological polar surface area (TPSA) is 64.2 Å². The van der Waals surface area contributed by atoms with Crippen LogP contribution in [0.4, 0.5) is 11.5 Å². The van der Waals surface area contributed by atoms with Crippen molar-refractivity contribution in [1.29, 1.82) is 0 Å². The van der Waals surface area contributed by atoms with Crippen LogP contribution in [-0.4, -0.2) is 16.6 Å². The normalized spacial score (nSPS) is 10.8. The summed E-state index contributed by atoms with van der Waals surface area (Å²) in [5.41, 5.74) is 7.46. The molecule has 2 rings (SSSR count). The third kappa shape index (κ3) is 2.72. The Morgan fingerprint density at radius 3 is 2.50 bits per heavy atom. The van der Waals surface area contributed by atoms with Gasteiger partial charge in [-0.15, -0.1) is 0 Å². The Hall–Kier alpha value is -2.14. The molecule has 0 aliphatic carbocycles. The molecule has 0 aliphatic heterocycles. The summed E-state index contributed by atoms with van der Waals surface area (Å²) in [5.74, 6) is 0.418. The van der Waals surface area contributed by atoms with E-state index in [-0.39, 0.29) is 11.6 Å². The van der Waals surface area contributed by atoms with Crippen molar-refractivity contribution in [3.63, 3.8) is 0 Å². The van der Waals surface area contributed by atoms with Crippen molar-refractivity contribution >= 4 is 11.5 Å². The van der Waals surface area contributed by atoms with Gasteiger partial charge in [-0.25, -0.2) is 4.98 Å². The Morgan fingerprint density at radius 1 is 1.30 bits per heavy atom. The van der Waals surface area contributed by atoms with Crippen molar-refractivity contribution in [1.82, 2.24) is 9.55 Å². The number of hydrogen-bond donors (Lipinski definition) is 1. The van der Waals surface area contributed by atoms with Crippen LogP contribution < -0.4 is 16.2 Å². The van der Waals surface area contributed by atoms with Crippen LogP contribution in [0.15, 0.2) is 41.5 Å². The molecule has 0 bridgehead atoms. The number of anilines is 2. The minimum Gasteiger partial charge on any atom is -0.326 e. The van der Waals surface area contributed by atoms with Crippen LogP contribution in [0.25, 0.3) is 0 Å². The monoisotopic (exact) mass is 272 g/mol. The van der Waals surface area contributed by atoms with Crippen LogP contribution in [0.1, 0.15) is 25.5 Å². The first-order valence-corrected chi connectivity index (χ1v) is 6.64. The van der Waals surface area contributed by atoms with E-state index in [2.05, 4.69) is 4.98 Å². The van der Waals surface area contributed by atoms with Crippen molar-refractivity contribution in [3.8, 4) is 0 Å². The summed E-state index contributed by atoms with van der Waals surface area (Å²) in [6, 6.07) is 7.90. The zero-order valence-corrected chi connectivity index (χ0v) is 12.1. The van der Waals surface area contributed by atoms with Crippen molar-refractivity contribution < 1.29 is 0 Å². The maximum atomic E-state index is 12.4. The minimum atomic E-state index is -0.0899. The van der Waals surface area contributed by atoms with Gasteiger partial charge in [-0.05, 0) is 31.5 Å². The Morgan fingerprint density at radius 2 is 1.95 bits per heavy atom. The highest BCUT2D eigenvalue weighted by molar-refractivity contribution is 5.58. The molecule has 0 amide bonds. The molecular formula is C15H20N4O. The molecular weight excluding hydrogens is 252 g/mol. The summed E-state index contributed by atoms with van der Waals surface area (Å²) in [6.07, 6.45) is 3.36. The second-order valence-electron chi connectivity index (χ2n) is 4.99. The Bertz CT molecular complexity index is 631. The van der Waals surface area contributed by atoms with Crippen molar-refractivity contribution in [3.05, 3.63) is 52.6 Å². The summed E-state index contributed by atoms with van der Waals surface area (Å²) in [7, 11) is 1.84. The molecule has 2 aromatic rings. The van der Waals surface area contributed by atoms with E-state index in [1.165, 1.54) is 0 Å². The number of nitrogens with zero attached hydrogens (tertiary/aromatic N) is 3. The molecule has 0 saturated heterocycles. The van der Waals surface area contributed by atoms with Crippen LogP contribution in [0.2, 0.25) is 0 Å². The summed E-state index contributed by atoms with van der Waals surface area (Å²) in [4.78, 5) is 18.4. The van der Waals surface area contributed by atoms with Gasteiger partial charge in [0.25, 0.3) is 5.56 Å². The summed E-state index contributed by atoms with van der Waals surface area (Å²) in [5, 5.41) is 0. The predicted molar refractivity (Wildman–Crippen MR) is 81.3 cm³/mol. The lowest BCUT2D eigenvalue weighted by Gasteiger charge is -2.19. The summed E-state index contributed by atoms with van der Waals surface area (Å²) >= 11 is 0. The van der Waals surface area contributed by atoms with Gasteiger partial charge in [0.15, 0.2) is 5.82 Å². The SMILES string of the molecule is CC(C)n1ccnc(N(C)c2ccc(CN)cc2)c1=O. The van der Waals surface area contributed by atoms with Crippen LogP contribution in [0.5, 0.6) is 0 Å². The van der Waals surface area contributed by atoms with Crippen molar-refractivity contribution in [2.75, 3.05) is 11.9 Å². The number of aromatic nitrogens is 2. The molecule has 106 valence electrons. The van der Waals surface area contributed by atoms with Gasteiger partial charge < -0.3 is 15.2 Å². The third-order valence-corrected chi connectivity index (χ3v) is 3.28. The zero-order valence-electron chi connectivity index (χ0n) is 12.1. The van der Waals surface area contributed by atoms with E-state index in [1.807, 2.05) is 45.2 Å². The Kier molecular flexibility index (Phi) is 4.20. The molecule has 0 unspecified atom stereocenters. The lowest BCUT2D eigenvalue weighted by molar-refractivity contribution is 0.574. The van der Waals surface area contributed by atoms with E-state index >= 15 is 0 Å². The standard InChI is InChI=1S/C15H20N4O/c1-11(2)19-9-8-17-14(15(19)20)18(3)13-6-4-12(10-16)5-7-13/h4-9,11H,10,16H2,1-3H3. The van der Waals surface area contributed by atoms with E-state index in [0.29, 0.717) is 12.4 Å². The second-order valence-corrected chi connectivity index (χ2v) is 4.99. The fourth-order valence-corrected chi connectivity index (χ4v) is 2.03.